The van der Waals surface area contributed by atoms with E-state index >= 15 is 0 Å². The minimum absolute atomic E-state index is 0.000990. The van der Waals surface area contributed by atoms with Crippen LogP contribution >= 0.6 is 11.3 Å². The molecule has 2 aromatic heterocycles. The molecule has 24 heavy (non-hydrogen) atoms. The minimum Gasteiger partial charge on any atom is -0.271 e. The van der Waals surface area contributed by atoms with Crippen molar-refractivity contribution >= 4 is 33.2 Å². The zero-order valence-corrected chi connectivity index (χ0v) is 13.9. The van der Waals surface area contributed by atoms with Crippen LogP contribution in [-0.2, 0) is 11.3 Å². The van der Waals surface area contributed by atoms with Crippen molar-refractivity contribution in [1.29, 1.82) is 0 Å². The molecule has 0 bridgehead atoms. The van der Waals surface area contributed by atoms with E-state index in [1.165, 1.54) is 12.1 Å². The van der Waals surface area contributed by atoms with Gasteiger partial charge in [-0.2, -0.15) is 5.10 Å². The van der Waals surface area contributed by atoms with E-state index < -0.39 is 11.8 Å². The number of hydrogen-bond acceptors (Lipinski definition) is 4. The molecule has 2 heterocycles. The number of halogens is 1. The Kier molecular flexibility index (Phi) is 4.30. The number of amides is 2. The Bertz CT molecular complexity index is 931. The van der Waals surface area contributed by atoms with E-state index in [9.17, 15) is 14.0 Å². The summed E-state index contributed by atoms with van der Waals surface area (Å²) in [6.45, 7) is 3.68. The van der Waals surface area contributed by atoms with Crippen LogP contribution in [0.2, 0.25) is 0 Å². The third kappa shape index (κ3) is 3.28. The van der Waals surface area contributed by atoms with Crippen LogP contribution in [0.5, 0.6) is 0 Å². The summed E-state index contributed by atoms with van der Waals surface area (Å²) in [6, 6.07) is 8.00. The second-order valence-electron chi connectivity index (χ2n) is 5.35. The zero-order chi connectivity index (χ0) is 17.3. The lowest BCUT2D eigenvalue weighted by molar-refractivity contribution is -0.122. The number of fused-ring (bicyclic) bond motifs is 1. The van der Waals surface area contributed by atoms with E-state index in [0.717, 1.165) is 22.7 Å². The molecule has 0 radical (unpaired) electrons. The van der Waals surface area contributed by atoms with Gasteiger partial charge in [0.25, 0.3) is 11.8 Å². The van der Waals surface area contributed by atoms with E-state index in [1.54, 1.807) is 16.8 Å². The summed E-state index contributed by atoms with van der Waals surface area (Å²) >= 11 is 1.16. The lowest BCUT2D eigenvalue weighted by Gasteiger charge is -2.07. The number of carbonyl (C=O) groups excluding carboxylic acids is 2. The highest BCUT2D eigenvalue weighted by atomic mass is 32.1. The van der Waals surface area contributed by atoms with Gasteiger partial charge in [-0.25, -0.2) is 4.39 Å². The van der Waals surface area contributed by atoms with E-state index in [-0.39, 0.29) is 12.4 Å². The fraction of sp³-hybridized carbons (Fsp3) is 0.188. The Morgan fingerprint density at radius 3 is 2.71 bits per heavy atom. The molecule has 0 aliphatic carbocycles. The Hall–Kier alpha value is -2.74. The number of nitrogens with one attached hydrogen (secondary N) is 2. The van der Waals surface area contributed by atoms with Crippen LogP contribution in [0.1, 0.15) is 21.1 Å². The molecule has 6 nitrogen and oxygen atoms in total. The molecule has 0 spiro atoms. The molecular weight excluding hydrogens is 331 g/mol. The minimum atomic E-state index is -0.489. The van der Waals surface area contributed by atoms with Crippen LogP contribution in [0.15, 0.2) is 30.3 Å². The maximum absolute atomic E-state index is 13.7. The SMILES string of the molecule is Cc1cc(C)n(CC(=O)NNC(=O)c2cc3c(F)cccc3s2)n1. The quantitative estimate of drug-likeness (QED) is 0.715. The second kappa shape index (κ2) is 6.40. The van der Waals surface area contributed by atoms with Crippen molar-refractivity contribution in [2.24, 2.45) is 0 Å². The molecule has 0 aliphatic heterocycles. The van der Waals surface area contributed by atoms with E-state index in [4.69, 9.17) is 0 Å². The maximum Gasteiger partial charge on any atom is 0.279 e. The van der Waals surface area contributed by atoms with Crippen LogP contribution in [0.25, 0.3) is 10.1 Å². The Labute approximate surface area is 141 Å². The predicted octanol–water partition coefficient (Wildman–Crippen LogP) is 2.31. The third-order valence-electron chi connectivity index (χ3n) is 3.44. The van der Waals surface area contributed by atoms with Gasteiger partial charge >= 0.3 is 0 Å². The average molecular weight is 346 g/mol. The first kappa shape index (κ1) is 16.1. The second-order valence-corrected chi connectivity index (χ2v) is 6.43. The Balaban J connectivity index is 1.63. The molecule has 0 saturated carbocycles. The maximum atomic E-state index is 13.7. The van der Waals surface area contributed by atoms with Crippen LogP contribution in [0, 0.1) is 19.7 Å². The first-order valence-corrected chi connectivity index (χ1v) is 8.04. The number of hydrogen-bond donors (Lipinski definition) is 2. The fourth-order valence-electron chi connectivity index (χ4n) is 2.34. The summed E-state index contributed by atoms with van der Waals surface area (Å²) in [5, 5.41) is 4.57. The van der Waals surface area contributed by atoms with Gasteiger partial charge in [-0.05, 0) is 38.1 Å². The number of carbonyl (C=O) groups is 2. The molecular formula is C16H15FN4O2S. The van der Waals surface area contributed by atoms with Gasteiger partial charge in [-0.15, -0.1) is 11.3 Å². The van der Waals surface area contributed by atoms with Gasteiger partial charge < -0.3 is 0 Å². The molecule has 0 fully saturated rings. The number of benzene rings is 1. The highest BCUT2D eigenvalue weighted by Crippen LogP contribution is 2.27. The Morgan fingerprint density at radius 2 is 2.04 bits per heavy atom. The van der Waals surface area contributed by atoms with Crippen molar-refractivity contribution in [3.8, 4) is 0 Å². The van der Waals surface area contributed by atoms with Crippen molar-refractivity contribution in [3.05, 3.63) is 52.4 Å². The van der Waals surface area contributed by atoms with Crippen LogP contribution in [0.4, 0.5) is 4.39 Å². The zero-order valence-electron chi connectivity index (χ0n) is 13.1. The highest BCUT2D eigenvalue weighted by Gasteiger charge is 2.14. The van der Waals surface area contributed by atoms with Crippen LogP contribution in [0.3, 0.4) is 0 Å². The molecule has 1 aromatic carbocycles. The van der Waals surface area contributed by atoms with Gasteiger partial charge in [0.1, 0.15) is 12.4 Å². The summed E-state index contributed by atoms with van der Waals surface area (Å²) in [6.07, 6.45) is 0. The van der Waals surface area contributed by atoms with E-state index in [2.05, 4.69) is 16.0 Å². The van der Waals surface area contributed by atoms with Crippen molar-refractivity contribution in [3.63, 3.8) is 0 Å². The molecule has 124 valence electrons. The third-order valence-corrected chi connectivity index (χ3v) is 4.54. The molecule has 0 aliphatic rings. The van der Waals surface area contributed by atoms with Gasteiger partial charge in [0.05, 0.1) is 10.6 Å². The summed E-state index contributed by atoms with van der Waals surface area (Å²) < 4.78 is 15.9. The van der Waals surface area contributed by atoms with E-state index in [0.29, 0.717) is 15.0 Å². The summed E-state index contributed by atoms with van der Waals surface area (Å²) in [5.74, 6) is -1.27. The molecule has 0 saturated heterocycles. The summed E-state index contributed by atoms with van der Waals surface area (Å²) in [4.78, 5) is 24.3. The smallest absolute Gasteiger partial charge is 0.271 e. The van der Waals surface area contributed by atoms with Gasteiger partial charge in [0.2, 0.25) is 0 Å². The van der Waals surface area contributed by atoms with Gasteiger partial charge in [-0.1, -0.05) is 6.07 Å². The molecule has 3 rings (SSSR count). The number of rotatable bonds is 3. The Morgan fingerprint density at radius 1 is 1.25 bits per heavy atom. The fourth-order valence-corrected chi connectivity index (χ4v) is 3.31. The number of hydrazine groups is 1. The van der Waals surface area contributed by atoms with Gasteiger partial charge in [0.15, 0.2) is 0 Å². The molecule has 2 N–H and O–H groups in total. The molecule has 3 aromatic rings. The first-order valence-electron chi connectivity index (χ1n) is 7.22. The van der Waals surface area contributed by atoms with Crippen molar-refractivity contribution < 1.29 is 14.0 Å². The van der Waals surface area contributed by atoms with E-state index in [1.807, 2.05) is 19.9 Å². The summed E-state index contributed by atoms with van der Waals surface area (Å²) in [5.41, 5.74) is 6.34. The van der Waals surface area contributed by atoms with Crippen LogP contribution in [-0.4, -0.2) is 21.6 Å². The first-order chi connectivity index (χ1) is 11.4. The lowest BCUT2D eigenvalue weighted by Crippen LogP contribution is -2.43. The van der Waals surface area contributed by atoms with Crippen molar-refractivity contribution in [2.45, 2.75) is 20.4 Å². The average Bonchev–Trinajstić information content (AvgIpc) is 3.09. The molecule has 0 unspecified atom stereocenters. The highest BCUT2D eigenvalue weighted by molar-refractivity contribution is 7.20. The summed E-state index contributed by atoms with van der Waals surface area (Å²) in [7, 11) is 0. The topological polar surface area (TPSA) is 76.0 Å². The number of aromatic nitrogens is 2. The van der Waals surface area contributed by atoms with Crippen molar-refractivity contribution in [2.75, 3.05) is 0 Å². The standard InChI is InChI=1S/C16H15FN4O2S/c1-9-6-10(2)21(20-9)8-15(22)18-19-16(23)14-7-11-12(17)4-3-5-13(11)24-14/h3-7H,8H2,1-2H3,(H,18,22)(H,19,23). The molecule has 0 atom stereocenters. The molecule has 8 heteroatoms. The van der Waals surface area contributed by atoms with Crippen LogP contribution < -0.4 is 10.9 Å². The van der Waals surface area contributed by atoms with Crippen molar-refractivity contribution in [1.82, 2.24) is 20.6 Å². The number of nitrogens with zero attached hydrogens (tertiary/aromatic N) is 2. The number of aryl methyl sites for hydroxylation is 2. The largest absolute Gasteiger partial charge is 0.279 e. The van der Waals surface area contributed by atoms with Gasteiger partial charge in [0, 0.05) is 15.8 Å². The predicted molar refractivity (Wildman–Crippen MR) is 89.1 cm³/mol. The lowest BCUT2D eigenvalue weighted by atomic mass is 10.2. The normalized spacial score (nSPS) is 10.8. The van der Waals surface area contributed by atoms with Gasteiger partial charge in [-0.3, -0.25) is 25.1 Å². The monoisotopic (exact) mass is 346 g/mol. The molecule has 2 amide bonds. The number of thiophene rings is 1.